The molecule has 124 valence electrons. The second-order valence-electron chi connectivity index (χ2n) is 5.67. The van der Waals surface area contributed by atoms with E-state index in [2.05, 4.69) is 0 Å². The van der Waals surface area contributed by atoms with E-state index < -0.39 is 17.6 Å². The van der Waals surface area contributed by atoms with Crippen molar-refractivity contribution in [1.29, 1.82) is 5.26 Å². The molecule has 1 atom stereocenters. The van der Waals surface area contributed by atoms with Crippen LogP contribution in [-0.2, 0) is 4.79 Å². The SMILES string of the molecule is COc1ccc(-c2ccc(C#N)c(=O)n2C(C(=O)O)C(C)C)cc1. The fraction of sp³-hybridized carbons (Fsp3) is 0.278. The van der Waals surface area contributed by atoms with Crippen LogP contribution in [0.25, 0.3) is 11.3 Å². The van der Waals surface area contributed by atoms with Gasteiger partial charge in [0.15, 0.2) is 0 Å². The maximum absolute atomic E-state index is 12.6. The molecule has 0 aliphatic carbocycles. The number of nitriles is 1. The maximum Gasteiger partial charge on any atom is 0.327 e. The van der Waals surface area contributed by atoms with Gasteiger partial charge >= 0.3 is 5.97 Å². The van der Waals surface area contributed by atoms with E-state index in [1.807, 2.05) is 6.07 Å². The lowest BCUT2D eigenvalue weighted by molar-refractivity contribution is -0.142. The number of carbonyl (C=O) groups is 1. The predicted molar refractivity (Wildman–Crippen MR) is 88.9 cm³/mol. The normalized spacial score (nSPS) is 11.8. The molecular formula is C18H18N2O4. The number of hydrogen-bond acceptors (Lipinski definition) is 4. The summed E-state index contributed by atoms with van der Waals surface area (Å²) < 4.78 is 6.30. The Morgan fingerprint density at radius 2 is 1.83 bits per heavy atom. The Hall–Kier alpha value is -3.07. The molecule has 0 spiro atoms. The summed E-state index contributed by atoms with van der Waals surface area (Å²) in [4.78, 5) is 24.3. The van der Waals surface area contributed by atoms with Crippen molar-refractivity contribution >= 4 is 5.97 Å². The average Bonchev–Trinajstić information content (AvgIpc) is 2.56. The number of hydrogen-bond donors (Lipinski definition) is 1. The molecule has 0 amide bonds. The van der Waals surface area contributed by atoms with Crippen LogP contribution < -0.4 is 10.3 Å². The monoisotopic (exact) mass is 326 g/mol. The van der Waals surface area contributed by atoms with Gasteiger partial charge < -0.3 is 9.84 Å². The Labute approximate surface area is 139 Å². The van der Waals surface area contributed by atoms with Gasteiger partial charge in [0.05, 0.1) is 12.8 Å². The van der Waals surface area contributed by atoms with Gasteiger partial charge in [-0.3, -0.25) is 9.36 Å². The molecule has 0 bridgehead atoms. The molecule has 6 heteroatoms. The van der Waals surface area contributed by atoms with Crippen LogP contribution in [0.2, 0.25) is 0 Å². The zero-order valence-electron chi connectivity index (χ0n) is 13.7. The van der Waals surface area contributed by atoms with Crippen molar-refractivity contribution in [2.45, 2.75) is 19.9 Å². The largest absolute Gasteiger partial charge is 0.497 e. The van der Waals surface area contributed by atoms with Gasteiger partial charge in [-0.1, -0.05) is 13.8 Å². The minimum Gasteiger partial charge on any atom is -0.497 e. The fourth-order valence-corrected chi connectivity index (χ4v) is 2.61. The van der Waals surface area contributed by atoms with Crippen LogP contribution in [0.15, 0.2) is 41.2 Å². The first-order valence-electron chi connectivity index (χ1n) is 7.43. The van der Waals surface area contributed by atoms with E-state index in [1.54, 1.807) is 51.3 Å². The standard InChI is InChI=1S/C18H18N2O4/c1-11(2)16(18(22)23)20-15(9-6-13(10-19)17(20)21)12-4-7-14(24-3)8-5-12/h4-9,11,16H,1-3H3,(H,22,23). The number of aromatic nitrogens is 1. The lowest BCUT2D eigenvalue weighted by Gasteiger charge is -2.23. The van der Waals surface area contributed by atoms with Crippen LogP contribution in [0.5, 0.6) is 5.75 Å². The molecule has 0 saturated heterocycles. The molecule has 0 saturated carbocycles. The highest BCUT2D eigenvalue weighted by Gasteiger charge is 2.28. The number of aliphatic carboxylic acids is 1. The van der Waals surface area contributed by atoms with Crippen molar-refractivity contribution in [3.05, 3.63) is 52.3 Å². The van der Waals surface area contributed by atoms with Crippen molar-refractivity contribution in [2.75, 3.05) is 7.11 Å². The number of nitrogens with zero attached hydrogens (tertiary/aromatic N) is 2. The summed E-state index contributed by atoms with van der Waals surface area (Å²) in [5.74, 6) is -0.789. The number of ether oxygens (including phenoxy) is 1. The molecule has 1 aromatic heterocycles. The van der Waals surface area contributed by atoms with Crippen LogP contribution in [0.4, 0.5) is 0 Å². The zero-order chi connectivity index (χ0) is 17.9. The van der Waals surface area contributed by atoms with Gasteiger partial charge in [0.1, 0.15) is 23.4 Å². The molecule has 1 N–H and O–H groups in total. The summed E-state index contributed by atoms with van der Waals surface area (Å²) in [5, 5.41) is 18.7. The van der Waals surface area contributed by atoms with Crippen LogP contribution in [0.1, 0.15) is 25.5 Å². The molecule has 2 rings (SSSR count). The summed E-state index contributed by atoms with van der Waals surface area (Å²) >= 11 is 0. The molecule has 1 unspecified atom stereocenters. The number of carboxylic acid groups (broad SMARTS) is 1. The van der Waals surface area contributed by atoms with E-state index in [0.717, 1.165) is 0 Å². The van der Waals surface area contributed by atoms with Gasteiger partial charge in [-0.25, -0.2) is 4.79 Å². The van der Waals surface area contributed by atoms with Gasteiger partial charge in [0, 0.05) is 0 Å². The summed E-state index contributed by atoms with van der Waals surface area (Å²) in [6.07, 6.45) is 0. The Bertz CT molecular complexity index is 845. The quantitative estimate of drug-likeness (QED) is 0.912. The molecule has 24 heavy (non-hydrogen) atoms. The summed E-state index contributed by atoms with van der Waals surface area (Å²) in [7, 11) is 1.55. The second-order valence-corrected chi connectivity index (χ2v) is 5.67. The van der Waals surface area contributed by atoms with E-state index in [0.29, 0.717) is 17.0 Å². The maximum atomic E-state index is 12.6. The van der Waals surface area contributed by atoms with Crippen molar-refractivity contribution < 1.29 is 14.6 Å². The first-order valence-corrected chi connectivity index (χ1v) is 7.43. The molecule has 6 nitrogen and oxygen atoms in total. The van der Waals surface area contributed by atoms with Crippen LogP contribution >= 0.6 is 0 Å². The molecule has 1 aromatic carbocycles. The Morgan fingerprint density at radius 1 is 1.21 bits per heavy atom. The van der Waals surface area contributed by atoms with Crippen LogP contribution in [-0.4, -0.2) is 22.8 Å². The smallest absolute Gasteiger partial charge is 0.327 e. The molecule has 0 aliphatic rings. The molecule has 2 aromatic rings. The van der Waals surface area contributed by atoms with Crippen molar-refractivity contribution in [1.82, 2.24) is 4.57 Å². The van der Waals surface area contributed by atoms with E-state index in [4.69, 9.17) is 10.00 Å². The molecule has 0 aliphatic heterocycles. The number of methoxy groups -OCH3 is 1. The Morgan fingerprint density at radius 3 is 2.29 bits per heavy atom. The third-order valence-corrected chi connectivity index (χ3v) is 3.79. The Kier molecular flexibility index (Phi) is 5.05. The molecule has 0 fully saturated rings. The number of benzene rings is 1. The van der Waals surface area contributed by atoms with Crippen molar-refractivity contribution in [2.24, 2.45) is 5.92 Å². The van der Waals surface area contributed by atoms with Gasteiger partial charge in [-0.15, -0.1) is 0 Å². The van der Waals surface area contributed by atoms with E-state index >= 15 is 0 Å². The summed E-state index contributed by atoms with van der Waals surface area (Å²) in [6.45, 7) is 3.45. The third-order valence-electron chi connectivity index (χ3n) is 3.79. The topological polar surface area (TPSA) is 92.3 Å². The van der Waals surface area contributed by atoms with Crippen LogP contribution in [0, 0.1) is 17.2 Å². The zero-order valence-corrected chi connectivity index (χ0v) is 13.7. The summed E-state index contributed by atoms with van der Waals surface area (Å²) in [6, 6.07) is 10.7. The number of rotatable bonds is 5. The van der Waals surface area contributed by atoms with Crippen molar-refractivity contribution in [3.8, 4) is 23.1 Å². The first kappa shape index (κ1) is 17.3. The van der Waals surface area contributed by atoms with Gasteiger partial charge in [-0.2, -0.15) is 5.26 Å². The average molecular weight is 326 g/mol. The Balaban J connectivity index is 2.76. The van der Waals surface area contributed by atoms with Crippen molar-refractivity contribution in [3.63, 3.8) is 0 Å². The minimum atomic E-state index is -1.11. The highest BCUT2D eigenvalue weighted by Crippen LogP contribution is 2.27. The molecule has 0 radical (unpaired) electrons. The van der Waals surface area contributed by atoms with Gasteiger partial charge in [0.25, 0.3) is 5.56 Å². The first-order chi connectivity index (χ1) is 11.4. The second kappa shape index (κ2) is 7.01. The summed E-state index contributed by atoms with van der Waals surface area (Å²) in [5.41, 5.74) is 0.429. The number of pyridine rings is 1. The third kappa shape index (κ3) is 3.15. The van der Waals surface area contributed by atoms with Crippen LogP contribution in [0.3, 0.4) is 0 Å². The predicted octanol–water partition coefficient (Wildman–Crippen LogP) is 2.68. The van der Waals surface area contributed by atoms with E-state index in [1.165, 1.54) is 10.6 Å². The van der Waals surface area contributed by atoms with Gasteiger partial charge in [-0.05, 0) is 47.9 Å². The fourth-order valence-electron chi connectivity index (χ4n) is 2.61. The lowest BCUT2D eigenvalue weighted by Crippen LogP contribution is -2.35. The lowest BCUT2D eigenvalue weighted by atomic mass is 10.0. The highest BCUT2D eigenvalue weighted by molar-refractivity contribution is 5.74. The highest BCUT2D eigenvalue weighted by atomic mass is 16.5. The number of carboxylic acids is 1. The molecular weight excluding hydrogens is 308 g/mol. The minimum absolute atomic E-state index is 0.0841. The van der Waals surface area contributed by atoms with E-state index in [-0.39, 0.29) is 11.5 Å². The van der Waals surface area contributed by atoms with Gasteiger partial charge in [0.2, 0.25) is 0 Å². The van der Waals surface area contributed by atoms with E-state index in [9.17, 15) is 14.7 Å². The molecule has 1 heterocycles.